The molecule has 0 aliphatic carbocycles. The van der Waals surface area contributed by atoms with Gasteiger partial charge in [-0.1, -0.05) is 0 Å². The fraction of sp³-hybridized carbons (Fsp3) is 1.00. The van der Waals surface area contributed by atoms with Gasteiger partial charge in [0.25, 0.3) is 0 Å². The van der Waals surface area contributed by atoms with Crippen LogP contribution in [0, 0.1) is 0 Å². The molecule has 1 atom stereocenters. The second-order valence-corrected chi connectivity index (χ2v) is 5.07. The Morgan fingerprint density at radius 3 is 2.47 bits per heavy atom. The van der Waals surface area contributed by atoms with E-state index in [2.05, 4.69) is 21.7 Å². The monoisotopic (exact) mass is 243 g/mol. The van der Waals surface area contributed by atoms with Crippen molar-refractivity contribution >= 4 is 0 Å². The number of morpholine rings is 1. The van der Waals surface area contributed by atoms with Crippen LogP contribution in [0.5, 0.6) is 0 Å². The zero-order chi connectivity index (χ0) is 12.1. The van der Waals surface area contributed by atoms with E-state index >= 15 is 0 Å². The minimum atomic E-state index is 0.268. The molecule has 0 amide bonds. The Kier molecular flexibility index (Phi) is 5.18. The number of rotatable bonds is 4. The summed E-state index contributed by atoms with van der Waals surface area (Å²) >= 11 is 0. The number of hydrogen-bond acceptors (Lipinski definition) is 5. The van der Waals surface area contributed by atoms with E-state index in [1.54, 1.807) is 0 Å². The van der Waals surface area contributed by atoms with Gasteiger partial charge in [-0.2, -0.15) is 0 Å². The van der Waals surface area contributed by atoms with E-state index < -0.39 is 0 Å². The Morgan fingerprint density at radius 2 is 1.76 bits per heavy atom. The van der Waals surface area contributed by atoms with Gasteiger partial charge in [-0.15, -0.1) is 0 Å². The van der Waals surface area contributed by atoms with Gasteiger partial charge in [-0.3, -0.25) is 14.7 Å². The normalized spacial score (nSPS) is 29.6. The van der Waals surface area contributed by atoms with Crippen LogP contribution in [0.15, 0.2) is 0 Å². The molecule has 0 bridgehead atoms. The fourth-order valence-corrected chi connectivity index (χ4v) is 2.52. The number of ether oxygens (including phenoxy) is 1. The van der Waals surface area contributed by atoms with Crippen LogP contribution < -0.4 is 0 Å². The second kappa shape index (κ2) is 6.66. The molecule has 2 aliphatic heterocycles. The fourth-order valence-electron chi connectivity index (χ4n) is 2.52. The van der Waals surface area contributed by atoms with Crippen molar-refractivity contribution in [1.29, 1.82) is 0 Å². The highest BCUT2D eigenvalue weighted by Gasteiger charge is 2.23. The van der Waals surface area contributed by atoms with Crippen molar-refractivity contribution in [3.8, 4) is 0 Å². The van der Waals surface area contributed by atoms with Crippen LogP contribution in [0.1, 0.15) is 0 Å². The zero-order valence-electron chi connectivity index (χ0n) is 10.8. The SMILES string of the molecule is CN1CCN(CCN2CCOCC2)CC1CO. The summed E-state index contributed by atoms with van der Waals surface area (Å²) in [5, 5.41) is 9.30. The zero-order valence-corrected chi connectivity index (χ0v) is 10.8. The van der Waals surface area contributed by atoms with Gasteiger partial charge in [0.2, 0.25) is 0 Å². The van der Waals surface area contributed by atoms with Crippen molar-refractivity contribution < 1.29 is 9.84 Å². The summed E-state index contributed by atoms with van der Waals surface area (Å²) < 4.78 is 5.35. The summed E-state index contributed by atoms with van der Waals surface area (Å²) in [4.78, 5) is 7.19. The Hall–Kier alpha value is -0.200. The molecule has 5 heteroatoms. The molecule has 0 saturated carbocycles. The van der Waals surface area contributed by atoms with E-state index in [1.807, 2.05) is 0 Å². The van der Waals surface area contributed by atoms with Gasteiger partial charge in [-0.05, 0) is 7.05 Å². The van der Waals surface area contributed by atoms with Crippen LogP contribution in [-0.4, -0.2) is 98.5 Å². The quantitative estimate of drug-likeness (QED) is 0.680. The van der Waals surface area contributed by atoms with Crippen LogP contribution in [0.4, 0.5) is 0 Å². The van der Waals surface area contributed by atoms with Crippen molar-refractivity contribution in [3.05, 3.63) is 0 Å². The van der Waals surface area contributed by atoms with Crippen LogP contribution in [0.3, 0.4) is 0 Å². The van der Waals surface area contributed by atoms with Crippen LogP contribution in [0.25, 0.3) is 0 Å². The highest BCUT2D eigenvalue weighted by atomic mass is 16.5. The number of aliphatic hydroxyl groups is 1. The summed E-state index contributed by atoms with van der Waals surface area (Å²) in [6, 6.07) is 0.313. The molecule has 0 aromatic rings. The molecule has 17 heavy (non-hydrogen) atoms. The van der Waals surface area contributed by atoms with E-state index in [0.717, 1.165) is 59.0 Å². The summed E-state index contributed by atoms with van der Waals surface area (Å²) in [6.45, 7) is 9.58. The molecular formula is C12H25N3O2. The first-order chi connectivity index (χ1) is 8.29. The molecule has 2 aliphatic rings. The first kappa shape index (κ1) is 13.2. The minimum absolute atomic E-state index is 0.268. The van der Waals surface area contributed by atoms with E-state index in [9.17, 15) is 5.11 Å². The summed E-state index contributed by atoms with van der Waals surface area (Å²) in [7, 11) is 2.10. The first-order valence-corrected chi connectivity index (χ1v) is 6.63. The minimum Gasteiger partial charge on any atom is -0.395 e. The van der Waals surface area contributed by atoms with E-state index in [0.29, 0.717) is 6.04 Å². The molecule has 0 radical (unpaired) electrons. The molecule has 0 aromatic heterocycles. The summed E-state index contributed by atoms with van der Waals surface area (Å²) in [5.74, 6) is 0. The number of likely N-dealkylation sites (N-methyl/N-ethyl adjacent to an activating group) is 1. The van der Waals surface area contributed by atoms with Gasteiger partial charge >= 0.3 is 0 Å². The van der Waals surface area contributed by atoms with Crippen LogP contribution >= 0.6 is 0 Å². The maximum atomic E-state index is 9.30. The number of aliphatic hydroxyl groups excluding tert-OH is 1. The van der Waals surface area contributed by atoms with Crippen molar-refractivity contribution in [2.24, 2.45) is 0 Å². The van der Waals surface area contributed by atoms with Crippen LogP contribution in [0.2, 0.25) is 0 Å². The molecule has 2 heterocycles. The predicted molar refractivity (Wildman–Crippen MR) is 67.2 cm³/mol. The van der Waals surface area contributed by atoms with Gasteiger partial charge < -0.3 is 9.84 Å². The Bertz CT molecular complexity index is 222. The molecule has 1 unspecified atom stereocenters. The Morgan fingerprint density at radius 1 is 1.06 bits per heavy atom. The largest absolute Gasteiger partial charge is 0.395 e. The molecule has 1 N–H and O–H groups in total. The summed E-state index contributed by atoms with van der Waals surface area (Å²) in [5.41, 5.74) is 0. The lowest BCUT2D eigenvalue weighted by atomic mass is 10.2. The molecule has 2 fully saturated rings. The van der Waals surface area contributed by atoms with Crippen molar-refractivity contribution in [3.63, 3.8) is 0 Å². The lowest BCUT2D eigenvalue weighted by Gasteiger charge is -2.39. The molecule has 2 rings (SSSR count). The maximum absolute atomic E-state index is 9.30. The highest BCUT2D eigenvalue weighted by Crippen LogP contribution is 2.07. The topological polar surface area (TPSA) is 39.2 Å². The molecule has 0 aromatic carbocycles. The van der Waals surface area contributed by atoms with Crippen LogP contribution in [-0.2, 0) is 4.74 Å². The summed E-state index contributed by atoms with van der Waals surface area (Å²) in [6.07, 6.45) is 0. The maximum Gasteiger partial charge on any atom is 0.0599 e. The molecule has 2 saturated heterocycles. The smallest absolute Gasteiger partial charge is 0.0599 e. The molecule has 0 spiro atoms. The molecule has 5 nitrogen and oxygen atoms in total. The van der Waals surface area contributed by atoms with E-state index in [4.69, 9.17) is 4.74 Å². The molecule has 100 valence electrons. The number of piperazine rings is 1. The van der Waals surface area contributed by atoms with Crippen molar-refractivity contribution in [2.75, 3.05) is 72.7 Å². The van der Waals surface area contributed by atoms with Gasteiger partial charge in [0.05, 0.1) is 19.8 Å². The first-order valence-electron chi connectivity index (χ1n) is 6.63. The highest BCUT2D eigenvalue weighted by molar-refractivity contribution is 4.80. The van der Waals surface area contributed by atoms with Gasteiger partial charge in [0.1, 0.15) is 0 Å². The standard InChI is InChI=1S/C12H25N3O2/c1-13-2-3-15(10-12(13)11-16)5-4-14-6-8-17-9-7-14/h12,16H,2-11H2,1H3. The van der Waals surface area contributed by atoms with Gasteiger partial charge in [0.15, 0.2) is 0 Å². The second-order valence-electron chi connectivity index (χ2n) is 5.07. The van der Waals surface area contributed by atoms with Crippen molar-refractivity contribution in [2.45, 2.75) is 6.04 Å². The Balaban J connectivity index is 1.68. The average molecular weight is 243 g/mol. The third-order valence-electron chi connectivity index (χ3n) is 3.91. The average Bonchev–Trinajstić information content (AvgIpc) is 2.39. The Labute approximate surface area is 104 Å². The molecular weight excluding hydrogens is 218 g/mol. The van der Waals surface area contributed by atoms with E-state index in [1.165, 1.54) is 0 Å². The lowest BCUT2D eigenvalue weighted by Crippen LogP contribution is -2.54. The van der Waals surface area contributed by atoms with Gasteiger partial charge in [-0.25, -0.2) is 0 Å². The van der Waals surface area contributed by atoms with Crippen molar-refractivity contribution in [1.82, 2.24) is 14.7 Å². The van der Waals surface area contributed by atoms with Gasteiger partial charge in [0, 0.05) is 51.9 Å². The number of hydrogen-bond donors (Lipinski definition) is 1. The van der Waals surface area contributed by atoms with E-state index in [-0.39, 0.29) is 6.61 Å². The number of nitrogens with zero attached hydrogens (tertiary/aromatic N) is 3. The predicted octanol–water partition coefficient (Wildman–Crippen LogP) is -1.07. The third kappa shape index (κ3) is 3.89. The lowest BCUT2D eigenvalue weighted by molar-refractivity contribution is 0.0213. The third-order valence-corrected chi connectivity index (χ3v) is 3.91.